The molecule has 19 heavy (non-hydrogen) atoms. The minimum Gasteiger partial charge on any atom is -0.396 e. The Kier molecular flexibility index (Phi) is 7.51. The van der Waals surface area contributed by atoms with E-state index in [1.807, 2.05) is 11.8 Å². The van der Waals surface area contributed by atoms with Gasteiger partial charge in [0, 0.05) is 18.4 Å². The maximum atomic E-state index is 9.06. The van der Waals surface area contributed by atoms with Gasteiger partial charge in [-0.05, 0) is 48.8 Å². The van der Waals surface area contributed by atoms with Crippen LogP contribution in [0.4, 0.5) is 0 Å². The van der Waals surface area contributed by atoms with Crippen molar-refractivity contribution < 1.29 is 5.11 Å². The van der Waals surface area contributed by atoms with Crippen LogP contribution in [-0.4, -0.2) is 29.8 Å². The molecule has 2 atom stereocenters. The molecular weight excluding hydrogens is 254 g/mol. The van der Waals surface area contributed by atoms with Gasteiger partial charge in [-0.2, -0.15) is 11.8 Å². The highest BCUT2D eigenvalue weighted by atomic mass is 32.2. The zero-order chi connectivity index (χ0) is 14.3. The number of hydrogen-bond acceptors (Lipinski definition) is 3. The molecule has 0 aliphatic heterocycles. The van der Waals surface area contributed by atoms with Crippen molar-refractivity contribution in [2.75, 3.05) is 24.7 Å². The Hall–Kier alpha value is -0.510. The van der Waals surface area contributed by atoms with Crippen LogP contribution in [0.1, 0.15) is 36.6 Å². The molecule has 0 aliphatic rings. The molecule has 0 amide bonds. The van der Waals surface area contributed by atoms with E-state index in [-0.39, 0.29) is 6.61 Å². The molecule has 1 rings (SSSR count). The van der Waals surface area contributed by atoms with E-state index >= 15 is 0 Å². The van der Waals surface area contributed by atoms with Gasteiger partial charge >= 0.3 is 0 Å². The van der Waals surface area contributed by atoms with Gasteiger partial charge in [-0.1, -0.05) is 32.0 Å². The van der Waals surface area contributed by atoms with E-state index < -0.39 is 0 Å². The summed E-state index contributed by atoms with van der Waals surface area (Å²) in [7, 11) is 0. The Morgan fingerprint density at radius 1 is 1.21 bits per heavy atom. The number of rotatable bonds is 8. The van der Waals surface area contributed by atoms with E-state index in [0.717, 1.165) is 18.1 Å². The zero-order valence-electron chi connectivity index (χ0n) is 12.6. The molecular formula is C16H27NOS. The third-order valence-corrected chi connectivity index (χ3v) is 4.76. The first-order valence-electron chi connectivity index (χ1n) is 7.07. The van der Waals surface area contributed by atoms with Crippen molar-refractivity contribution >= 4 is 11.8 Å². The van der Waals surface area contributed by atoms with Gasteiger partial charge in [0.15, 0.2) is 0 Å². The van der Waals surface area contributed by atoms with Gasteiger partial charge in [0.25, 0.3) is 0 Å². The fraction of sp³-hybridized carbons (Fsp3) is 0.625. The van der Waals surface area contributed by atoms with Crippen molar-refractivity contribution in [1.29, 1.82) is 0 Å². The first kappa shape index (κ1) is 16.5. The predicted octanol–water partition coefficient (Wildman–Crippen LogP) is 3.32. The van der Waals surface area contributed by atoms with E-state index in [2.05, 4.69) is 51.2 Å². The molecule has 0 spiro atoms. The molecule has 3 heteroatoms. The maximum Gasteiger partial charge on any atom is 0.0464 e. The summed E-state index contributed by atoms with van der Waals surface area (Å²) in [4.78, 5) is 0. The lowest BCUT2D eigenvalue weighted by Gasteiger charge is -2.20. The molecule has 0 fully saturated rings. The van der Waals surface area contributed by atoms with Gasteiger partial charge in [-0.25, -0.2) is 0 Å². The Bertz CT molecular complexity index is 381. The van der Waals surface area contributed by atoms with Gasteiger partial charge in [-0.3, -0.25) is 0 Å². The average molecular weight is 281 g/mol. The molecule has 0 aromatic heterocycles. The topological polar surface area (TPSA) is 32.3 Å². The Morgan fingerprint density at radius 3 is 2.53 bits per heavy atom. The molecule has 2 nitrogen and oxygen atoms in total. The molecule has 0 saturated heterocycles. The second kappa shape index (κ2) is 8.62. The molecule has 2 unspecified atom stereocenters. The highest BCUT2D eigenvalue weighted by molar-refractivity contribution is 7.99. The third-order valence-electron chi connectivity index (χ3n) is 3.38. The third kappa shape index (κ3) is 5.55. The summed E-state index contributed by atoms with van der Waals surface area (Å²) in [6.07, 6.45) is 0. The van der Waals surface area contributed by atoms with Gasteiger partial charge < -0.3 is 10.4 Å². The number of aliphatic hydroxyl groups is 1. The van der Waals surface area contributed by atoms with E-state index in [1.165, 1.54) is 16.7 Å². The minimum absolute atomic E-state index is 0.280. The van der Waals surface area contributed by atoms with Gasteiger partial charge in [-0.15, -0.1) is 0 Å². The van der Waals surface area contributed by atoms with Crippen molar-refractivity contribution in [3.8, 4) is 0 Å². The van der Waals surface area contributed by atoms with Crippen LogP contribution in [-0.2, 0) is 0 Å². The first-order valence-corrected chi connectivity index (χ1v) is 8.23. The monoisotopic (exact) mass is 281 g/mol. The van der Waals surface area contributed by atoms with E-state index in [9.17, 15) is 0 Å². The second-order valence-electron chi connectivity index (χ2n) is 5.28. The normalized spacial score (nSPS) is 14.4. The van der Waals surface area contributed by atoms with Crippen molar-refractivity contribution in [1.82, 2.24) is 5.32 Å². The molecule has 0 heterocycles. The van der Waals surface area contributed by atoms with Crippen LogP contribution < -0.4 is 5.32 Å². The number of thioether (sulfide) groups is 1. The highest BCUT2D eigenvalue weighted by Gasteiger charge is 2.12. The van der Waals surface area contributed by atoms with E-state index in [1.54, 1.807) is 0 Å². The lowest BCUT2D eigenvalue weighted by Crippen LogP contribution is -2.23. The Morgan fingerprint density at radius 2 is 1.95 bits per heavy atom. The molecule has 108 valence electrons. The largest absolute Gasteiger partial charge is 0.396 e. The maximum absolute atomic E-state index is 9.06. The summed E-state index contributed by atoms with van der Waals surface area (Å²) >= 11 is 1.92. The van der Waals surface area contributed by atoms with Gasteiger partial charge in [0.1, 0.15) is 0 Å². The molecule has 1 aromatic carbocycles. The number of hydrogen-bond donors (Lipinski definition) is 2. The van der Waals surface area contributed by atoms with Crippen LogP contribution in [0.25, 0.3) is 0 Å². The molecule has 1 aromatic rings. The van der Waals surface area contributed by atoms with Crippen molar-refractivity contribution in [2.45, 2.75) is 33.7 Å². The van der Waals surface area contributed by atoms with Crippen LogP contribution in [0.2, 0.25) is 0 Å². The summed E-state index contributed by atoms with van der Waals surface area (Å²) in [5, 5.41) is 12.6. The first-order chi connectivity index (χ1) is 9.08. The van der Waals surface area contributed by atoms with Crippen LogP contribution in [0.5, 0.6) is 0 Å². The van der Waals surface area contributed by atoms with Crippen molar-refractivity contribution in [2.24, 2.45) is 5.92 Å². The summed E-state index contributed by atoms with van der Waals surface area (Å²) in [5.74, 6) is 2.45. The molecule has 0 aliphatic carbocycles. The van der Waals surface area contributed by atoms with Crippen molar-refractivity contribution in [3.05, 3.63) is 34.9 Å². The van der Waals surface area contributed by atoms with E-state index in [0.29, 0.717) is 12.0 Å². The van der Waals surface area contributed by atoms with E-state index in [4.69, 9.17) is 5.11 Å². The lowest BCUT2D eigenvalue weighted by molar-refractivity contribution is 0.250. The van der Waals surface area contributed by atoms with Crippen LogP contribution in [0.15, 0.2) is 18.2 Å². The summed E-state index contributed by atoms with van der Waals surface area (Å²) in [5.41, 5.74) is 4.07. The predicted molar refractivity (Wildman–Crippen MR) is 85.9 cm³/mol. The fourth-order valence-corrected chi connectivity index (χ4v) is 3.13. The Labute approximate surface area is 122 Å². The van der Waals surface area contributed by atoms with Crippen molar-refractivity contribution in [3.63, 3.8) is 0 Å². The second-order valence-corrected chi connectivity index (χ2v) is 6.35. The van der Waals surface area contributed by atoms with Gasteiger partial charge in [0.2, 0.25) is 0 Å². The number of benzene rings is 1. The summed E-state index contributed by atoms with van der Waals surface area (Å²) in [6, 6.07) is 7.13. The molecule has 0 bridgehead atoms. The van der Waals surface area contributed by atoms with Crippen LogP contribution in [0, 0.1) is 19.8 Å². The standard InChI is InChI=1S/C16H27NOS/c1-5-17-16(11-19-10-12(2)9-18)15-7-6-13(3)14(4)8-15/h6-8,12,16-18H,5,9-11H2,1-4H3. The summed E-state index contributed by atoms with van der Waals surface area (Å²) in [6.45, 7) is 9.82. The SMILES string of the molecule is CCNC(CSCC(C)CO)c1ccc(C)c(C)c1. The highest BCUT2D eigenvalue weighted by Crippen LogP contribution is 2.22. The number of aryl methyl sites for hydroxylation is 2. The smallest absolute Gasteiger partial charge is 0.0464 e. The Balaban J connectivity index is 2.63. The quantitative estimate of drug-likeness (QED) is 0.767. The zero-order valence-corrected chi connectivity index (χ0v) is 13.4. The van der Waals surface area contributed by atoms with Gasteiger partial charge in [0.05, 0.1) is 0 Å². The number of aliphatic hydroxyl groups excluding tert-OH is 1. The number of nitrogens with one attached hydrogen (secondary N) is 1. The summed E-state index contributed by atoms with van der Waals surface area (Å²) < 4.78 is 0. The fourth-order valence-electron chi connectivity index (χ4n) is 1.94. The lowest BCUT2D eigenvalue weighted by atomic mass is 10.0. The molecule has 0 radical (unpaired) electrons. The van der Waals surface area contributed by atoms with Crippen LogP contribution in [0.3, 0.4) is 0 Å². The minimum atomic E-state index is 0.280. The van der Waals surface area contributed by atoms with Crippen LogP contribution >= 0.6 is 11.8 Å². The molecule has 2 N–H and O–H groups in total. The molecule has 0 saturated carbocycles. The average Bonchev–Trinajstić information content (AvgIpc) is 2.40.